The maximum atomic E-state index is 12.4. The largest absolute Gasteiger partial charge is 0.296 e. The Morgan fingerprint density at radius 1 is 1.23 bits per heavy atom. The lowest BCUT2D eigenvalue weighted by Gasteiger charge is -2.02. The van der Waals surface area contributed by atoms with Crippen molar-refractivity contribution in [3.8, 4) is 11.1 Å². The average molecular weight is 296 g/mol. The average Bonchev–Trinajstić information content (AvgIpc) is 3.14. The normalized spacial score (nSPS) is 13.5. The molecule has 1 N–H and O–H groups in total. The number of nitrogens with one attached hydrogen (secondary N) is 1. The van der Waals surface area contributed by atoms with Crippen LogP contribution >= 0.6 is 0 Å². The van der Waals surface area contributed by atoms with Crippen LogP contribution in [0.25, 0.3) is 16.8 Å². The van der Waals surface area contributed by atoms with E-state index in [-0.39, 0.29) is 11.2 Å². The number of rotatable bonds is 2. The highest BCUT2D eigenvalue weighted by Crippen LogP contribution is 2.26. The van der Waals surface area contributed by atoms with E-state index in [1.54, 1.807) is 18.3 Å². The minimum atomic E-state index is -0.436. The molecule has 1 aromatic carbocycles. The molecule has 22 heavy (non-hydrogen) atoms. The van der Waals surface area contributed by atoms with Crippen molar-refractivity contribution in [1.82, 2.24) is 14.6 Å². The molecule has 0 unspecified atom stereocenters. The molecule has 0 fully saturated rings. The van der Waals surface area contributed by atoms with Crippen LogP contribution in [0.1, 0.15) is 17.7 Å². The maximum absolute atomic E-state index is 12.4. The number of aromatic amines is 1. The summed E-state index contributed by atoms with van der Waals surface area (Å²) in [6.07, 6.45) is 4.26. The van der Waals surface area contributed by atoms with Gasteiger partial charge in [0.05, 0.1) is 10.6 Å². The molecule has 0 saturated carbocycles. The number of benzene rings is 1. The number of aryl methyl sites for hydroxylation is 1. The molecular weight excluding hydrogens is 284 g/mol. The molecule has 0 amide bonds. The van der Waals surface area contributed by atoms with Crippen LogP contribution in [-0.4, -0.2) is 19.5 Å². The topological polar surface area (TPSA) is 93.3 Å². The molecule has 2 aromatic heterocycles. The molecule has 0 radical (unpaired) electrons. The first-order valence-electron chi connectivity index (χ1n) is 7.02. The van der Waals surface area contributed by atoms with Crippen molar-refractivity contribution in [1.29, 1.82) is 0 Å². The van der Waals surface area contributed by atoms with Gasteiger partial charge < -0.3 is 0 Å². The standard InChI is InChI=1S/C15H12N4O3/c20-15-11-2-1-3-13(11)17-14-12(8-16-18(14)15)9-4-6-10(7-5-9)19(21)22/h4-8,16H,1-3H2. The van der Waals surface area contributed by atoms with Gasteiger partial charge in [-0.1, -0.05) is 0 Å². The molecule has 7 nitrogen and oxygen atoms in total. The van der Waals surface area contributed by atoms with Crippen LogP contribution in [-0.2, 0) is 12.8 Å². The Balaban J connectivity index is 1.91. The van der Waals surface area contributed by atoms with E-state index in [2.05, 4.69) is 10.1 Å². The molecule has 0 aliphatic heterocycles. The molecule has 0 atom stereocenters. The van der Waals surface area contributed by atoms with Crippen molar-refractivity contribution in [3.05, 3.63) is 62.2 Å². The molecule has 1 aliphatic carbocycles. The van der Waals surface area contributed by atoms with Crippen LogP contribution in [0.4, 0.5) is 5.69 Å². The van der Waals surface area contributed by atoms with Crippen molar-refractivity contribution in [2.45, 2.75) is 19.3 Å². The van der Waals surface area contributed by atoms with Gasteiger partial charge in [-0.2, -0.15) is 0 Å². The Kier molecular flexibility index (Phi) is 2.62. The number of hydrogen-bond donors (Lipinski definition) is 1. The van der Waals surface area contributed by atoms with Gasteiger partial charge in [0, 0.05) is 29.5 Å². The zero-order valence-corrected chi connectivity index (χ0v) is 11.6. The van der Waals surface area contributed by atoms with Crippen LogP contribution in [0.2, 0.25) is 0 Å². The summed E-state index contributed by atoms with van der Waals surface area (Å²) in [7, 11) is 0. The smallest absolute Gasteiger partial charge is 0.276 e. The summed E-state index contributed by atoms with van der Waals surface area (Å²) in [5.74, 6) is 0. The van der Waals surface area contributed by atoms with Crippen LogP contribution in [0.15, 0.2) is 35.3 Å². The lowest BCUT2D eigenvalue weighted by Crippen LogP contribution is -2.20. The fraction of sp³-hybridized carbons (Fsp3) is 0.200. The van der Waals surface area contributed by atoms with Gasteiger partial charge in [-0.25, -0.2) is 9.50 Å². The maximum Gasteiger partial charge on any atom is 0.276 e. The number of nitro benzene ring substituents is 1. The predicted molar refractivity (Wildman–Crippen MR) is 79.9 cm³/mol. The zero-order chi connectivity index (χ0) is 15.3. The Morgan fingerprint density at radius 2 is 2.00 bits per heavy atom. The highest BCUT2D eigenvalue weighted by molar-refractivity contribution is 5.77. The number of hydrogen-bond acceptors (Lipinski definition) is 4. The number of H-pyrrole nitrogens is 1. The highest BCUT2D eigenvalue weighted by atomic mass is 16.6. The number of fused-ring (bicyclic) bond motifs is 2. The Labute approximate surface area is 124 Å². The fourth-order valence-corrected chi connectivity index (χ4v) is 2.96. The van der Waals surface area contributed by atoms with Crippen molar-refractivity contribution in [2.75, 3.05) is 0 Å². The third kappa shape index (κ3) is 1.75. The molecule has 110 valence electrons. The summed E-state index contributed by atoms with van der Waals surface area (Å²) in [6.45, 7) is 0. The molecule has 0 saturated heterocycles. The fourth-order valence-electron chi connectivity index (χ4n) is 2.96. The van der Waals surface area contributed by atoms with Gasteiger partial charge in [0.25, 0.3) is 11.2 Å². The summed E-state index contributed by atoms with van der Waals surface area (Å²) in [4.78, 5) is 27.3. The first-order valence-corrected chi connectivity index (χ1v) is 7.02. The SMILES string of the molecule is O=c1c2c(nc3c(-c4ccc([N+](=O)[O-])cc4)c[nH]n13)CCC2. The molecule has 3 aromatic rings. The number of nitrogens with zero attached hydrogens (tertiary/aromatic N) is 3. The monoisotopic (exact) mass is 296 g/mol. The van der Waals surface area contributed by atoms with Crippen LogP contribution < -0.4 is 5.56 Å². The lowest BCUT2D eigenvalue weighted by molar-refractivity contribution is -0.384. The van der Waals surface area contributed by atoms with E-state index in [0.29, 0.717) is 5.65 Å². The van der Waals surface area contributed by atoms with E-state index >= 15 is 0 Å². The summed E-state index contributed by atoms with van der Waals surface area (Å²) in [5.41, 5.74) is 3.76. The minimum Gasteiger partial charge on any atom is -0.296 e. The molecule has 1 aliphatic rings. The Hall–Kier alpha value is -2.96. The second-order valence-electron chi connectivity index (χ2n) is 5.35. The molecule has 2 heterocycles. The first kappa shape index (κ1) is 12.8. The van der Waals surface area contributed by atoms with Gasteiger partial charge in [-0.3, -0.25) is 20.0 Å². The van der Waals surface area contributed by atoms with Crippen molar-refractivity contribution in [2.24, 2.45) is 0 Å². The quantitative estimate of drug-likeness (QED) is 0.578. The van der Waals surface area contributed by atoms with E-state index < -0.39 is 4.92 Å². The van der Waals surface area contributed by atoms with Gasteiger partial charge in [-0.05, 0) is 37.0 Å². The van der Waals surface area contributed by atoms with Gasteiger partial charge in [0.2, 0.25) is 0 Å². The zero-order valence-electron chi connectivity index (χ0n) is 11.6. The van der Waals surface area contributed by atoms with Crippen molar-refractivity contribution < 1.29 is 4.92 Å². The van der Waals surface area contributed by atoms with E-state index in [4.69, 9.17) is 0 Å². The van der Waals surface area contributed by atoms with Crippen LogP contribution in [0, 0.1) is 10.1 Å². The molecular formula is C15H12N4O3. The van der Waals surface area contributed by atoms with Gasteiger partial charge in [0.15, 0.2) is 5.65 Å². The summed E-state index contributed by atoms with van der Waals surface area (Å²) in [5, 5.41) is 13.7. The van der Waals surface area contributed by atoms with E-state index in [1.807, 2.05) is 0 Å². The highest BCUT2D eigenvalue weighted by Gasteiger charge is 2.20. The summed E-state index contributed by atoms with van der Waals surface area (Å²) < 4.78 is 1.45. The molecule has 0 spiro atoms. The van der Waals surface area contributed by atoms with Crippen LogP contribution in [0.5, 0.6) is 0 Å². The Bertz CT molecular complexity index is 953. The molecule has 0 bridgehead atoms. The van der Waals surface area contributed by atoms with Gasteiger partial charge in [0.1, 0.15) is 0 Å². The second kappa shape index (κ2) is 4.52. The van der Waals surface area contributed by atoms with E-state index in [9.17, 15) is 14.9 Å². The molecule has 4 rings (SSSR count). The van der Waals surface area contributed by atoms with Gasteiger partial charge >= 0.3 is 0 Å². The first-order chi connectivity index (χ1) is 10.6. The number of aromatic nitrogens is 3. The lowest BCUT2D eigenvalue weighted by atomic mass is 10.1. The minimum absolute atomic E-state index is 0.0367. The summed E-state index contributed by atoms with van der Waals surface area (Å²) in [6, 6.07) is 6.23. The van der Waals surface area contributed by atoms with Crippen molar-refractivity contribution in [3.63, 3.8) is 0 Å². The number of nitro groups is 1. The third-order valence-electron chi connectivity index (χ3n) is 4.07. The second-order valence-corrected chi connectivity index (χ2v) is 5.35. The Morgan fingerprint density at radius 3 is 2.73 bits per heavy atom. The van der Waals surface area contributed by atoms with Gasteiger partial charge in [-0.15, -0.1) is 0 Å². The van der Waals surface area contributed by atoms with Crippen molar-refractivity contribution >= 4 is 11.3 Å². The van der Waals surface area contributed by atoms with Crippen LogP contribution in [0.3, 0.4) is 0 Å². The predicted octanol–water partition coefficient (Wildman–Crippen LogP) is 2.09. The van der Waals surface area contributed by atoms with E-state index in [1.165, 1.54) is 16.6 Å². The summed E-state index contributed by atoms with van der Waals surface area (Å²) >= 11 is 0. The third-order valence-corrected chi connectivity index (χ3v) is 4.07. The molecule has 7 heteroatoms. The van der Waals surface area contributed by atoms with E-state index in [0.717, 1.165) is 41.6 Å². The number of non-ortho nitro benzene ring substituents is 1.